The zero-order chi connectivity index (χ0) is 77.1. The SMILES string of the molecule is COc1ccc(C[C@@H](NC(=O)CCc2ccc(O)cc2)C(=O)N[C@@H](Cc2ccccc2)C(=O)N[C@@H](CCC(N)=O)C(=O)N[C@@H](CC(N)=O)C(=O)N[C@@H](CCCNC(=N)N)C(=O)N2CCC[C@H]2C(=O)N[C@@H](CCCCNC(=O)c2ccc3c(c2)C2(OC3=O)c3ccc(O)cc3Cc3cc(O)ccc32)C(N)=O)cc1. The fourth-order valence-electron chi connectivity index (χ4n) is 13.4. The molecule has 564 valence electrons. The third-order valence-electron chi connectivity index (χ3n) is 18.8. The van der Waals surface area contributed by atoms with Gasteiger partial charge in [-0.15, -0.1) is 0 Å². The highest BCUT2D eigenvalue weighted by molar-refractivity contribution is 6.02. The van der Waals surface area contributed by atoms with Gasteiger partial charge < -0.3 is 95.2 Å². The van der Waals surface area contributed by atoms with Crippen LogP contribution in [0.2, 0.25) is 0 Å². The Labute approximate surface area is 615 Å². The van der Waals surface area contributed by atoms with Crippen LogP contribution in [-0.4, -0.2) is 166 Å². The zero-order valence-corrected chi connectivity index (χ0v) is 58.8. The van der Waals surface area contributed by atoms with Crippen molar-refractivity contribution in [2.75, 3.05) is 26.7 Å². The van der Waals surface area contributed by atoms with Crippen molar-refractivity contribution >= 4 is 76.9 Å². The van der Waals surface area contributed by atoms with Gasteiger partial charge in [-0.2, -0.15) is 0 Å². The number of phenolic OH excluding ortho intramolecular Hbond substituents is 3. The molecule has 31 heteroatoms. The summed E-state index contributed by atoms with van der Waals surface area (Å²) in [6.07, 6.45) is -0.734. The Morgan fingerprint density at radius 3 is 1.77 bits per heavy atom. The summed E-state index contributed by atoms with van der Waals surface area (Å²) in [6, 6.07) is 25.1. The standard InChI is InChI=1S/C76H88N14O17/c1-106-51-24-16-44(17-25-51)36-59(84-65(96)31-18-42-14-20-48(91)21-15-42)69(100)88-60(35-43-9-3-2-4-10-43)70(101)86-57(29-30-63(77)94)68(99)89-61(41-64(78)95)71(102)87-58(12-7-33-83-75(80)81)73(104)90-34-8-13-62(90)72(103)85-56(66(79)97)11-5-6-32-82-67(98)45-19-26-52-55(40-45)76(107-74(52)105)53-27-22-49(92)38-46(53)37-47-39-50(93)23-28-54(47)76/h2-4,9-10,14-17,19-28,38-40,56-62,91-93H,5-8,11-13,18,29-37,41H2,1H3,(H2,77,94)(H2,78,95)(H2,79,97)(H,82,98)(H,84,96)(H,85,103)(H,86,101)(H,87,102)(H,88,100)(H,89,99)(H4,80,81,83)/t56-,57-,58-,59+,60-,61-,62-/m0/s1. The lowest BCUT2D eigenvalue weighted by molar-refractivity contribution is -0.142. The maximum absolute atomic E-state index is 14.8. The molecule has 6 aromatic rings. The molecule has 2 heterocycles. The van der Waals surface area contributed by atoms with E-state index in [0.29, 0.717) is 64.0 Å². The number of carbonyl (C=O) groups excluding carboxylic acids is 12. The number of fused-ring (bicyclic) bond motifs is 6. The summed E-state index contributed by atoms with van der Waals surface area (Å²) in [7, 11) is 1.48. The van der Waals surface area contributed by atoms with Gasteiger partial charge >= 0.3 is 5.97 Å². The lowest BCUT2D eigenvalue weighted by Gasteiger charge is -2.37. The van der Waals surface area contributed by atoms with Gasteiger partial charge in [-0.1, -0.05) is 66.7 Å². The first kappa shape index (κ1) is 78.6. The fourth-order valence-corrected chi connectivity index (χ4v) is 13.4. The summed E-state index contributed by atoms with van der Waals surface area (Å²) in [5, 5.41) is 59.4. The van der Waals surface area contributed by atoms with Crippen molar-refractivity contribution in [3.63, 3.8) is 0 Å². The van der Waals surface area contributed by atoms with Crippen LogP contribution in [0.5, 0.6) is 23.0 Å². The van der Waals surface area contributed by atoms with Gasteiger partial charge in [0.2, 0.25) is 59.1 Å². The number of unbranched alkanes of at least 4 members (excludes halogenated alkanes) is 1. The largest absolute Gasteiger partial charge is 0.508 e. The number of guanidine groups is 1. The first-order valence-corrected chi connectivity index (χ1v) is 35.0. The number of likely N-dealkylation sites (tertiary alicyclic amines) is 1. The normalized spacial score (nSPS) is 15.3. The number of methoxy groups -OCH3 is 1. The van der Waals surface area contributed by atoms with E-state index in [0.717, 1.165) is 5.56 Å². The van der Waals surface area contributed by atoms with Gasteiger partial charge in [-0.3, -0.25) is 58.1 Å². The first-order chi connectivity index (χ1) is 51.2. The molecule has 3 aliphatic rings. The summed E-state index contributed by atoms with van der Waals surface area (Å²) >= 11 is 0. The molecule has 20 N–H and O–H groups in total. The van der Waals surface area contributed by atoms with E-state index in [1.165, 1.54) is 48.4 Å². The second kappa shape index (κ2) is 36.2. The van der Waals surface area contributed by atoms with Crippen molar-refractivity contribution < 1.29 is 82.3 Å². The lowest BCUT2D eigenvalue weighted by atomic mass is 9.71. The van der Waals surface area contributed by atoms with Crippen LogP contribution in [0.25, 0.3) is 0 Å². The molecule has 0 unspecified atom stereocenters. The van der Waals surface area contributed by atoms with Crippen molar-refractivity contribution in [3.8, 4) is 23.0 Å². The molecule has 1 spiro atoms. The Hall–Kier alpha value is -12.6. The highest BCUT2D eigenvalue weighted by Crippen LogP contribution is 2.53. The molecular formula is C76H88N14O17. The molecule has 6 aromatic carbocycles. The minimum absolute atomic E-state index is 0.00535. The number of benzene rings is 6. The van der Waals surface area contributed by atoms with Crippen LogP contribution in [0.1, 0.15) is 136 Å². The van der Waals surface area contributed by atoms with Crippen molar-refractivity contribution in [2.24, 2.45) is 22.9 Å². The topological polar surface area (TPSA) is 511 Å². The molecule has 107 heavy (non-hydrogen) atoms. The number of carbonyl (C=O) groups is 12. The lowest BCUT2D eigenvalue weighted by Crippen LogP contribution is -2.60. The minimum Gasteiger partial charge on any atom is -0.508 e. The number of nitrogens with zero attached hydrogens (tertiary/aromatic N) is 1. The molecule has 1 saturated heterocycles. The molecule has 1 aliphatic carbocycles. The number of aryl methyl sites for hydroxylation is 1. The maximum atomic E-state index is 14.8. The Kier molecular flexibility index (Phi) is 26.6. The van der Waals surface area contributed by atoms with E-state index in [1.807, 2.05) is 0 Å². The fraction of sp³-hybridized carbons (Fsp3) is 0.355. The average molecular weight is 1470 g/mol. The van der Waals surface area contributed by atoms with E-state index < -0.39 is 144 Å². The number of primary amides is 3. The number of aromatic hydroxyl groups is 3. The average Bonchev–Trinajstić information content (AvgIpc) is 1.59. The number of nitrogens with two attached hydrogens (primary N) is 4. The Morgan fingerprint density at radius 2 is 1.14 bits per heavy atom. The van der Waals surface area contributed by atoms with E-state index in [1.54, 1.807) is 97.1 Å². The number of hydrogen-bond donors (Lipinski definition) is 16. The third kappa shape index (κ3) is 20.7. The van der Waals surface area contributed by atoms with Gasteiger partial charge in [0.25, 0.3) is 5.91 Å². The second-order valence-electron chi connectivity index (χ2n) is 26.5. The van der Waals surface area contributed by atoms with Crippen LogP contribution in [0.3, 0.4) is 0 Å². The molecule has 0 aromatic heterocycles. The Balaban J connectivity index is 0.846. The molecule has 1 fully saturated rings. The van der Waals surface area contributed by atoms with E-state index >= 15 is 0 Å². The maximum Gasteiger partial charge on any atom is 0.340 e. The van der Waals surface area contributed by atoms with Crippen LogP contribution in [0.4, 0.5) is 0 Å². The van der Waals surface area contributed by atoms with Gasteiger partial charge in [0.05, 0.1) is 19.1 Å². The summed E-state index contributed by atoms with van der Waals surface area (Å²) in [4.78, 5) is 167. The molecule has 0 bridgehead atoms. The van der Waals surface area contributed by atoms with Crippen LogP contribution in [-0.2, 0) is 84.0 Å². The van der Waals surface area contributed by atoms with E-state index in [4.69, 9.17) is 37.8 Å². The number of nitrogens with one attached hydrogen (secondary N) is 9. The predicted octanol–water partition coefficient (Wildman–Crippen LogP) is 0.986. The van der Waals surface area contributed by atoms with Crippen LogP contribution >= 0.6 is 0 Å². The molecule has 7 atom stereocenters. The first-order valence-electron chi connectivity index (χ1n) is 35.0. The zero-order valence-electron chi connectivity index (χ0n) is 58.8. The molecule has 9 rings (SSSR count). The van der Waals surface area contributed by atoms with Crippen LogP contribution < -0.4 is 70.2 Å². The number of amides is 11. The molecule has 2 aliphatic heterocycles. The molecule has 11 amide bonds. The van der Waals surface area contributed by atoms with E-state index in [2.05, 4.69) is 42.5 Å². The van der Waals surface area contributed by atoms with Gasteiger partial charge in [-0.25, -0.2) is 4.79 Å². The molecular weight excluding hydrogens is 1380 g/mol. The van der Waals surface area contributed by atoms with Gasteiger partial charge in [0.1, 0.15) is 65.3 Å². The highest BCUT2D eigenvalue weighted by atomic mass is 16.6. The highest BCUT2D eigenvalue weighted by Gasteiger charge is 2.53. The van der Waals surface area contributed by atoms with Gasteiger partial charge in [0, 0.05) is 67.6 Å². The van der Waals surface area contributed by atoms with Crippen LogP contribution in [0, 0.1) is 5.41 Å². The smallest absolute Gasteiger partial charge is 0.340 e. The third-order valence-corrected chi connectivity index (χ3v) is 18.8. The second-order valence-corrected chi connectivity index (χ2v) is 26.5. The minimum atomic E-state index is -1.86. The van der Waals surface area contributed by atoms with Crippen molar-refractivity contribution in [1.29, 1.82) is 5.41 Å². The summed E-state index contributed by atoms with van der Waals surface area (Å²) in [5.74, 6) is -9.99. The Morgan fingerprint density at radius 1 is 0.570 bits per heavy atom. The Bertz CT molecular complexity index is 4280. The van der Waals surface area contributed by atoms with Crippen molar-refractivity contribution in [1.82, 2.24) is 47.4 Å². The van der Waals surface area contributed by atoms with Gasteiger partial charge in [0.15, 0.2) is 11.6 Å². The van der Waals surface area contributed by atoms with Crippen LogP contribution in [0.15, 0.2) is 133 Å². The number of phenols is 3. The quantitative estimate of drug-likeness (QED) is 0.0113. The molecule has 0 saturated carbocycles. The number of rotatable bonds is 36. The van der Waals surface area contributed by atoms with Crippen molar-refractivity contribution in [2.45, 2.75) is 144 Å². The number of esters is 1. The molecule has 0 radical (unpaired) electrons. The number of hydrogen-bond acceptors (Lipinski definition) is 18. The van der Waals surface area contributed by atoms with E-state index in [9.17, 15) is 72.9 Å². The van der Waals surface area contributed by atoms with E-state index in [-0.39, 0.29) is 106 Å². The number of ether oxygens (including phenoxy) is 2. The summed E-state index contributed by atoms with van der Waals surface area (Å²) < 4.78 is 11.5. The van der Waals surface area contributed by atoms with Gasteiger partial charge in [-0.05, 0) is 159 Å². The molecule has 31 nitrogen and oxygen atoms in total. The predicted molar refractivity (Wildman–Crippen MR) is 387 cm³/mol. The monoisotopic (exact) mass is 1470 g/mol. The van der Waals surface area contributed by atoms with Crippen molar-refractivity contribution in [3.05, 3.63) is 189 Å². The summed E-state index contributed by atoms with van der Waals surface area (Å²) in [6.45, 7) is 0.112. The summed E-state index contributed by atoms with van der Waals surface area (Å²) in [5.41, 5.74) is 26.2.